The zero-order chi connectivity index (χ0) is 17.2. The van der Waals surface area contributed by atoms with Crippen molar-refractivity contribution in [3.8, 4) is 0 Å². The third kappa shape index (κ3) is 9.90. The summed E-state index contributed by atoms with van der Waals surface area (Å²) in [5.41, 5.74) is -0.249. The minimum Gasteiger partial charge on any atom is -0.373 e. The topological polar surface area (TPSA) is 45.6 Å². The predicted octanol–water partition coefficient (Wildman–Crippen LogP) is 4.24. The van der Waals surface area contributed by atoms with Gasteiger partial charge in [0, 0.05) is 19.7 Å². The SMILES string of the molecule is CCCOC1(CN=C(NCC)NCCC(F)(F)F)CCCCC1.I. The first-order valence-corrected chi connectivity index (χ1v) is 8.64. The van der Waals surface area contributed by atoms with Crippen molar-refractivity contribution in [3.63, 3.8) is 0 Å². The van der Waals surface area contributed by atoms with E-state index >= 15 is 0 Å². The predicted molar refractivity (Wildman–Crippen MR) is 102 cm³/mol. The number of guanidine groups is 1. The highest BCUT2D eigenvalue weighted by Crippen LogP contribution is 2.32. The van der Waals surface area contributed by atoms with Crippen molar-refractivity contribution in [1.29, 1.82) is 0 Å². The second kappa shape index (κ2) is 12.2. The number of hydrogen-bond donors (Lipinski definition) is 2. The molecule has 4 nitrogen and oxygen atoms in total. The van der Waals surface area contributed by atoms with Gasteiger partial charge in [-0.25, -0.2) is 0 Å². The Morgan fingerprint density at radius 2 is 1.79 bits per heavy atom. The van der Waals surface area contributed by atoms with Crippen LogP contribution in [-0.2, 0) is 4.74 Å². The molecule has 8 heteroatoms. The Morgan fingerprint density at radius 3 is 2.33 bits per heavy atom. The highest BCUT2D eigenvalue weighted by Gasteiger charge is 2.33. The number of rotatable bonds is 8. The van der Waals surface area contributed by atoms with Gasteiger partial charge in [-0.15, -0.1) is 24.0 Å². The van der Waals surface area contributed by atoms with Crippen LogP contribution < -0.4 is 10.6 Å². The summed E-state index contributed by atoms with van der Waals surface area (Å²) >= 11 is 0. The maximum Gasteiger partial charge on any atom is 0.390 e. The molecule has 0 saturated heterocycles. The normalized spacial score (nSPS) is 18.0. The number of nitrogens with zero attached hydrogens (tertiary/aromatic N) is 1. The number of hydrogen-bond acceptors (Lipinski definition) is 2. The summed E-state index contributed by atoms with van der Waals surface area (Å²) in [6.45, 7) is 5.61. The molecule has 1 saturated carbocycles. The summed E-state index contributed by atoms with van der Waals surface area (Å²) in [5.74, 6) is 0.432. The van der Waals surface area contributed by atoms with Gasteiger partial charge in [-0.05, 0) is 26.2 Å². The maximum absolute atomic E-state index is 12.2. The van der Waals surface area contributed by atoms with Crippen molar-refractivity contribution >= 4 is 29.9 Å². The Balaban J connectivity index is 0.00000529. The van der Waals surface area contributed by atoms with E-state index < -0.39 is 12.6 Å². The molecule has 1 fully saturated rings. The lowest BCUT2D eigenvalue weighted by atomic mass is 9.84. The van der Waals surface area contributed by atoms with Crippen molar-refractivity contribution in [2.24, 2.45) is 4.99 Å². The van der Waals surface area contributed by atoms with E-state index in [4.69, 9.17) is 4.74 Å². The minimum absolute atomic E-state index is 0. The van der Waals surface area contributed by atoms with Crippen LogP contribution in [-0.4, -0.2) is 44.0 Å². The average Bonchev–Trinajstić information content (AvgIpc) is 2.50. The lowest BCUT2D eigenvalue weighted by Gasteiger charge is -2.36. The third-order valence-corrected chi connectivity index (χ3v) is 3.95. The Morgan fingerprint density at radius 1 is 1.12 bits per heavy atom. The number of aliphatic imine (C=N–C) groups is 1. The zero-order valence-corrected chi connectivity index (χ0v) is 17.0. The molecule has 0 aromatic rings. The van der Waals surface area contributed by atoms with E-state index in [0.29, 0.717) is 25.7 Å². The van der Waals surface area contributed by atoms with Gasteiger partial charge in [0.05, 0.1) is 18.6 Å². The van der Waals surface area contributed by atoms with E-state index in [1.165, 1.54) is 6.42 Å². The molecule has 0 spiro atoms. The van der Waals surface area contributed by atoms with E-state index in [1.54, 1.807) is 0 Å². The number of nitrogens with one attached hydrogen (secondary N) is 2. The van der Waals surface area contributed by atoms with E-state index in [9.17, 15) is 13.2 Å². The Kier molecular flexibility index (Phi) is 12.0. The van der Waals surface area contributed by atoms with Crippen LogP contribution in [0.5, 0.6) is 0 Å². The van der Waals surface area contributed by atoms with Crippen LogP contribution in [0.15, 0.2) is 4.99 Å². The first-order valence-electron chi connectivity index (χ1n) is 8.64. The summed E-state index contributed by atoms with van der Waals surface area (Å²) < 4.78 is 42.8. The molecular formula is C16H31F3IN3O. The largest absolute Gasteiger partial charge is 0.390 e. The van der Waals surface area contributed by atoms with Gasteiger partial charge in [-0.2, -0.15) is 13.2 Å². The molecule has 0 aromatic heterocycles. The second-order valence-corrected chi connectivity index (χ2v) is 6.08. The van der Waals surface area contributed by atoms with Crippen LogP contribution in [0.3, 0.4) is 0 Å². The summed E-state index contributed by atoms with van der Waals surface area (Å²) in [5, 5.41) is 5.75. The van der Waals surface area contributed by atoms with Gasteiger partial charge in [0.25, 0.3) is 0 Å². The molecule has 24 heavy (non-hydrogen) atoms. The van der Waals surface area contributed by atoms with Crippen molar-refractivity contribution in [3.05, 3.63) is 0 Å². The minimum atomic E-state index is -4.15. The quantitative estimate of drug-likeness (QED) is 0.320. The summed E-state index contributed by atoms with van der Waals surface area (Å²) in [6, 6.07) is 0. The fourth-order valence-corrected chi connectivity index (χ4v) is 2.75. The molecule has 1 aliphatic carbocycles. The molecule has 2 N–H and O–H groups in total. The fourth-order valence-electron chi connectivity index (χ4n) is 2.75. The lowest BCUT2D eigenvalue weighted by Crippen LogP contribution is -2.43. The third-order valence-electron chi connectivity index (χ3n) is 3.95. The van der Waals surface area contributed by atoms with Gasteiger partial charge in [0.15, 0.2) is 5.96 Å². The average molecular weight is 465 g/mol. The number of ether oxygens (including phenoxy) is 1. The van der Waals surface area contributed by atoms with Crippen LogP contribution in [0.1, 0.15) is 58.8 Å². The Labute approximate surface area is 160 Å². The first kappa shape index (κ1) is 23.8. The van der Waals surface area contributed by atoms with Crippen LogP contribution >= 0.6 is 24.0 Å². The van der Waals surface area contributed by atoms with Crippen LogP contribution in [0, 0.1) is 0 Å². The number of halogens is 4. The van der Waals surface area contributed by atoms with E-state index in [2.05, 4.69) is 22.5 Å². The van der Waals surface area contributed by atoms with E-state index in [-0.39, 0.29) is 36.1 Å². The van der Waals surface area contributed by atoms with Gasteiger partial charge in [0.2, 0.25) is 0 Å². The maximum atomic E-state index is 12.2. The lowest BCUT2D eigenvalue weighted by molar-refractivity contribution is -0.132. The van der Waals surface area contributed by atoms with Gasteiger partial charge >= 0.3 is 6.18 Å². The molecule has 0 aromatic carbocycles. The van der Waals surface area contributed by atoms with Gasteiger partial charge < -0.3 is 15.4 Å². The molecule has 0 heterocycles. The van der Waals surface area contributed by atoms with Crippen molar-refractivity contribution in [2.45, 2.75) is 70.6 Å². The Bertz CT molecular complexity index is 359. The molecular weight excluding hydrogens is 434 g/mol. The second-order valence-electron chi connectivity index (χ2n) is 6.08. The van der Waals surface area contributed by atoms with Crippen molar-refractivity contribution in [1.82, 2.24) is 10.6 Å². The van der Waals surface area contributed by atoms with E-state index in [1.807, 2.05) is 6.92 Å². The molecule has 144 valence electrons. The van der Waals surface area contributed by atoms with Gasteiger partial charge in [0.1, 0.15) is 0 Å². The highest BCUT2D eigenvalue weighted by molar-refractivity contribution is 14.0. The molecule has 1 aliphatic rings. The summed E-state index contributed by atoms with van der Waals surface area (Å²) in [7, 11) is 0. The van der Waals surface area contributed by atoms with E-state index in [0.717, 1.165) is 32.1 Å². The fraction of sp³-hybridized carbons (Fsp3) is 0.938. The molecule has 0 amide bonds. The monoisotopic (exact) mass is 465 g/mol. The standard InChI is InChI=1S/C16H30F3N3O.HI/c1-3-12-23-15(8-6-5-7-9-15)13-22-14(20-4-2)21-11-10-16(17,18)19;/h3-13H2,1-2H3,(H2,20,21,22);1H. The number of alkyl halides is 3. The zero-order valence-electron chi connectivity index (χ0n) is 14.7. The highest BCUT2D eigenvalue weighted by atomic mass is 127. The van der Waals surface area contributed by atoms with Gasteiger partial charge in [-0.3, -0.25) is 4.99 Å². The summed E-state index contributed by atoms with van der Waals surface area (Å²) in [4.78, 5) is 4.48. The van der Waals surface area contributed by atoms with Crippen LogP contribution in [0.4, 0.5) is 13.2 Å². The molecule has 0 aliphatic heterocycles. The Hall–Kier alpha value is -0.250. The smallest absolute Gasteiger partial charge is 0.373 e. The molecule has 0 radical (unpaired) electrons. The van der Waals surface area contributed by atoms with Crippen molar-refractivity contribution < 1.29 is 17.9 Å². The van der Waals surface area contributed by atoms with Crippen molar-refractivity contribution in [2.75, 3.05) is 26.2 Å². The molecule has 1 rings (SSSR count). The summed E-state index contributed by atoms with van der Waals surface area (Å²) in [6.07, 6.45) is 1.33. The molecule has 0 bridgehead atoms. The van der Waals surface area contributed by atoms with Crippen LogP contribution in [0.25, 0.3) is 0 Å². The van der Waals surface area contributed by atoms with Crippen LogP contribution in [0.2, 0.25) is 0 Å². The first-order chi connectivity index (χ1) is 10.9. The van der Waals surface area contributed by atoms with Gasteiger partial charge in [-0.1, -0.05) is 26.2 Å². The molecule has 0 atom stereocenters. The molecule has 0 unspecified atom stereocenters.